The number of para-hydroxylation sites is 1. The summed E-state index contributed by atoms with van der Waals surface area (Å²) in [6, 6.07) is 20.2. The Hall–Kier alpha value is -2.92. The molecule has 0 unspecified atom stereocenters. The van der Waals surface area contributed by atoms with Crippen LogP contribution in [0.1, 0.15) is 42.5 Å². The van der Waals surface area contributed by atoms with Crippen molar-refractivity contribution in [2.75, 3.05) is 5.32 Å². The molecule has 0 spiro atoms. The Morgan fingerprint density at radius 2 is 1.79 bits per heavy atom. The average Bonchev–Trinajstić information content (AvgIpc) is 3.28. The molecule has 0 saturated heterocycles. The van der Waals surface area contributed by atoms with Gasteiger partial charge in [0.1, 0.15) is 5.69 Å². The van der Waals surface area contributed by atoms with Crippen molar-refractivity contribution in [2.24, 2.45) is 0 Å². The summed E-state index contributed by atoms with van der Waals surface area (Å²) >= 11 is 1.46. The molecule has 0 saturated carbocycles. The van der Waals surface area contributed by atoms with Gasteiger partial charge < -0.3 is 4.57 Å². The van der Waals surface area contributed by atoms with Crippen molar-refractivity contribution in [3.63, 3.8) is 0 Å². The van der Waals surface area contributed by atoms with E-state index in [1.165, 1.54) is 11.3 Å². The second-order valence-corrected chi connectivity index (χ2v) is 8.76. The topological polar surface area (TPSA) is 46.9 Å². The van der Waals surface area contributed by atoms with Crippen LogP contribution >= 0.6 is 11.3 Å². The summed E-state index contributed by atoms with van der Waals surface area (Å²) in [6.45, 7) is 6.99. The third-order valence-corrected chi connectivity index (χ3v) is 5.48. The van der Waals surface area contributed by atoms with E-state index in [1.54, 1.807) is 0 Å². The number of aromatic nitrogens is 2. The molecule has 0 radical (unpaired) electrons. The van der Waals surface area contributed by atoms with Crippen molar-refractivity contribution >= 4 is 33.3 Å². The predicted molar refractivity (Wildman–Crippen MR) is 116 cm³/mol. The Balaban J connectivity index is 1.68. The molecular weight excluding hydrogens is 366 g/mol. The number of hydrogen-bond donors (Lipinski definition) is 1. The van der Waals surface area contributed by atoms with E-state index in [1.807, 2.05) is 47.8 Å². The fourth-order valence-corrected chi connectivity index (χ4v) is 4.10. The zero-order chi connectivity index (χ0) is 19.7. The molecule has 4 aromatic rings. The number of nitrogens with one attached hydrogen (secondary N) is 1. The molecule has 2 heterocycles. The number of anilines is 1. The fourth-order valence-electron chi connectivity index (χ4n) is 3.17. The summed E-state index contributed by atoms with van der Waals surface area (Å²) in [5.74, 6) is -0.137. The molecule has 5 heteroatoms. The van der Waals surface area contributed by atoms with E-state index in [0.717, 1.165) is 22.2 Å². The summed E-state index contributed by atoms with van der Waals surface area (Å²) in [5.41, 5.74) is 3.78. The zero-order valence-corrected chi connectivity index (χ0v) is 17.1. The molecule has 0 bridgehead atoms. The minimum atomic E-state index is -0.137. The van der Waals surface area contributed by atoms with E-state index in [2.05, 4.69) is 53.8 Å². The smallest absolute Gasteiger partial charge is 0.274 e. The lowest BCUT2D eigenvalue weighted by Gasteiger charge is -2.14. The Kier molecular flexibility index (Phi) is 4.77. The van der Waals surface area contributed by atoms with Crippen LogP contribution in [0.15, 0.2) is 66.0 Å². The van der Waals surface area contributed by atoms with Gasteiger partial charge in [0.25, 0.3) is 5.91 Å². The van der Waals surface area contributed by atoms with E-state index in [-0.39, 0.29) is 11.3 Å². The van der Waals surface area contributed by atoms with Gasteiger partial charge in [0.15, 0.2) is 5.13 Å². The van der Waals surface area contributed by atoms with Gasteiger partial charge >= 0.3 is 0 Å². The summed E-state index contributed by atoms with van der Waals surface area (Å²) in [4.78, 5) is 17.7. The first-order valence-electron chi connectivity index (χ1n) is 9.31. The van der Waals surface area contributed by atoms with Gasteiger partial charge in [-0.1, -0.05) is 69.3 Å². The van der Waals surface area contributed by atoms with Gasteiger partial charge in [-0.15, -0.1) is 11.3 Å². The highest BCUT2D eigenvalue weighted by Gasteiger charge is 2.20. The van der Waals surface area contributed by atoms with E-state index in [9.17, 15) is 4.79 Å². The molecule has 0 aliphatic rings. The molecule has 1 N–H and O–H groups in total. The molecule has 4 nitrogen and oxygen atoms in total. The molecule has 0 atom stereocenters. The van der Waals surface area contributed by atoms with Crippen LogP contribution in [0, 0.1) is 0 Å². The summed E-state index contributed by atoms with van der Waals surface area (Å²) in [6.07, 6.45) is 0. The SMILES string of the molecule is CC(C)(C)c1csc(NC(=O)c2cc3ccccc3n2Cc2ccccc2)n1. The highest BCUT2D eigenvalue weighted by Crippen LogP contribution is 2.27. The summed E-state index contributed by atoms with van der Waals surface area (Å²) in [7, 11) is 0. The van der Waals surface area contributed by atoms with Crippen LogP contribution < -0.4 is 5.32 Å². The molecular formula is C23H23N3OS. The van der Waals surface area contributed by atoms with E-state index >= 15 is 0 Å². The number of fused-ring (bicyclic) bond motifs is 1. The highest BCUT2D eigenvalue weighted by atomic mass is 32.1. The molecule has 0 aliphatic heterocycles. The second-order valence-electron chi connectivity index (χ2n) is 7.90. The zero-order valence-electron chi connectivity index (χ0n) is 16.3. The minimum absolute atomic E-state index is 0.0400. The quantitative estimate of drug-likeness (QED) is 0.487. The Labute approximate surface area is 168 Å². The number of amides is 1. The number of carbonyl (C=O) groups excluding carboxylic acids is 1. The molecule has 4 rings (SSSR count). The predicted octanol–water partition coefficient (Wildman–Crippen LogP) is 5.70. The third kappa shape index (κ3) is 3.71. The normalized spacial score (nSPS) is 11.7. The van der Waals surface area contributed by atoms with Crippen LogP contribution in [0.5, 0.6) is 0 Å². The van der Waals surface area contributed by atoms with Crippen molar-refractivity contribution in [1.82, 2.24) is 9.55 Å². The minimum Gasteiger partial charge on any atom is -0.332 e. The first-order valence-corrected chi connectivity index (χ1v) is 10.2. The van der Waals surface area contributed by atoms with Crippen LogP contribution in [0.2, 0.25) is 0 Å². The van der Waals surface area contributed by atoms with Crippen molar-refractivity contribution in [2.45, 2.75) is 32.7 Å². The maximum Gasteiger partial charge on any atom is 0.274 e. The first-order chi connectivity index (χ1) is 13.4. The molecule has 1 amide bonds. The van der Waals surface area contributed by atoms with Crippen LogP contribution in [0.25, 0.3) is 10.9 Å². The van der Waals surface area contributed by atoms with Crippen molar-refractivity contribution in [3.05, 3.63) is 83.0 Å². The Bertz CT molecular complexity index is 1120. The summed E-state index contributed by atoms with van der Waals surface area (Å²) < 4.78 is 2.07. The Morgan fingerprint density at radius 1 is 1.07 bits per heavy atom. The number of thiazole rings is 1. The van der Waals surface area contributed by atoms with Gasteiger partial charge in [-0.2, -0.15) is 0 Å². The van der Waals surface area contributed by atoms with Gasteiger partial charge in [-0.05, 0) is 17.7 Å². The molecule has 2 aromatic heterocycles. The van der Waals surface area contributed by atoms with E-state index in [4.69, 9.17) is 0 Å². The van der Waals surface area contributed by atoms with Crippen LogP contribution in [-0.2, 0) is 12.0 Å². The summed E-state index contributed by atoms with van der Waals surface area (Å²) in [5, 5.41) is 6.68. The molecule has 142 valence electrons. The fraction of sp³-hybridized carbons (Fsp3) is 0.217. The molecule has 28 heavy (non-hydrogen) atoms. The highest BCUT2D eigenvalue weighted by molar-refractivity contribution is 7.14. The van der Waals surface area contributed by atoms with Crippen LogP contribution in [0.3, 0.4) is 0 Å². The largest absolute Gasteiger partial charge is 0.332 e. The molecule has 2 aromatic carbocycles. The maximum atomic E-state index is 13.1. The molecule has 0 fully saturated rings. The van der Waals surface area contributed by atoms with Gasteiger partial charge in [0.2, 0.25) is 0 Å². The second kappa shape index (κ2) is 7.24. The number of rotatable bonds is 4. The lowest BCUT2D eigenvalue weighted by molar-refractivity contribution is 0.101. The standard InChI is InChI=1S/C23H23N3OS/c1-23(2,3)20-15-28-22(24-20)25-21(27)19-13-17-11-7-8-12-18(17)26(19)14-16-9-5-4-6-10-16/h4-13,15H,14H2,1-3H3,(H,24,25,27). The molecule has 0 aliphatic carbocycles. The average molecular weight is 390 g/mol. The van der Waals surface area contributed by atoms with Gasteiger partial charge in [-0.3, -0.25) is 10.1 Å². The first kappa shape index (κ1) is 18.4. The van der Waals surface area contributed by atoms with Crippen LogP contribution in [-0.4, -0.2) is 15.5 Å². The number of carbonyl (C=O) groups is 1. The van der Waals surface area contributed by atoms with Gasteiger partial charge in [0, 0.05) is 28.2 Å². The number of nitrogens with zero attached hydrogens (tertiary/aromatic N) is 2. The van der Waals surface area contributed by atoms with Crippen molar-refractivity contribution in [1.29, 1.82) is 0 Å². The van der Waals surface area contributed by atoms with Crippen LogP contribution in [0.4, 0.5) is 5.13 Å². The van der Waals surface area contributed by atoms with Crippen molar-refractivity contribution < 1.29 is 4.79 Å². The third-order valence-electron chi connectivity index (χ3n) is 4.72. The monoisotopic (exact) mass is 389 g/mol. The van der Waals surface area contributed by atoms with E-state index in [0.29, 0.717) is 17.4 Å². The number of hydrogen-bond acceptors (Lipinski definition) is 3. The number of benzene rings is 2. The van der Waals surface area contributed by atoms with Gasteiger partial charge in [-0.25, -0.2) is 4.98 Å². The van der Waals surface area contributed by atoms with E-state index < -0.39 is 0 Å². The Morgan fingerprint density at radius 3 is 2.50 bits per heavy atom. The van der Waals surface area contributed by atoms with Gasteiger partial charge in [0.05, 0.1) is 5.69 Å². The van der Waals surface area contributed by atoms with Crippen molar-refractivity contribution in [3.8, 4) is 0 Å². The lowest BCUT2D eigenvalue weighted by atomic mass is 9.93. The maximum absolute atomic E-state index is 13.1. The lowest BCUT2D eigenvalue weighted by Crippen LogP contribution is -2.18.